The van der Waals surface area contributed by atoms with Gasteiger partial charge in [0.1, 0.15) is 28.8 Å². The average Bonchev–Trinajstić information content (AvgIpc) is 3.27. The summed E-state index contributed by atoms with van der Waals surface area (Å²) in [5, 5.41) is 7.61. The molecule has 3 aromatic rings. The number of nitrogens with one attached hydrogen (secondary N) is 1. The van der Waals surface area contributed by atoms with Crippen molar-refractivity contribution in [3.63, 3.8) is 0 Å². The topological polar surface area (TPSA) is 130 Å². The van der Waals surface area contributed by atoms with Gasteiger partial charge in [-0.1, -0.05) is 6.07 Å². The zero-order valence-electron chi connectivity index (χ0n) is 19.6. The van der Waals surface area contributed by atoms with Crippen LogP contribution in [0.3, 0.4) is 0 Å². The van der Waals surface area contributed by atoms with Crippen molar-refractivity contribution in [1.82, 2.24) is 24.7 Å². The fourth-order valence-corrected chi connectivity index (χ4v) is 4.85. The van der Waals surface area contributed by atoms with Crippen molar-refractivity contribution in [2.45, 2.75) is 37.4 Å². The molecular formula is C22H27FN6O5S. The number of aromatic nitrogens is 5. The van der Waals surface area contributed by atoms with Crippen molar-refractivity contribution >= 4 is 16.0 Å². The van der Waals surface area contributed by atoms with Gasteiger partial charge in [0.25, 0.3) is 0 Å². The maximum Gasteiger partial charge on any atom is 0.243 e. The van der Waals surface area contributed by atoms with Crippen LogP contribution in [-0.4, -0.2) is 65.8 Å². The van der Waals surface area contributed by atoms with E-state index in [1.807, 2.05) is 0 Å². The lowest BCUT2D eigenvalue weighted by Gasteiger charge is -2.24. The number of para-hydroxylation sites is 1. The van der Waals surface area contributed by atoms with Gasteiger partial charge < -0.3 is 14.2 Å². The molecule has 0 saturated carbocycles. The lowest BCUT2D eigenvalue weighted by molar-refractivity contribution is 0.0832. The molecule has 188 valence electrons. The molecule has 1 aliphatic rings. The third kappa shape index (κ3) is 5.35. The van der Waals surface area contributed by atoms with Crippen LogP contribution in [0, 0.1) is 5.82 Å². The number of hydrogen-bond donors (Lipinski definition) is 1. The molecule has 0 spiro atoms. The monoisotopic (exact) mass is 506 g/mol. The lowest BCUT2D eigenvalue weighted by Crippen LogP contribution is -2.29. The minimum atomic E-state index is -3.96. The lowest BCUT2D eigenvalue weighted by atomic mass is 9.99. The standard InChI is InChI=1S/C22H27FN6O5S/c1-14(11-19-24-12-16(23)13-25-19)35(30,31)28-22-27-26-21(15-7-9-34-10-8-15)29(22)20-17(32-2)5-4-6-18(20)33-3/h4-6,12-15H,7-11H2,1-3H3,(H,27,28). The first-order valence-electron chi connectivity index (χ1n) is 11.1. The van der Waals surface area contributed by atoms with Crippen LogP contribution in [0.25, 0.3) is 5.69 Å². The molecule has 35 heavy (non-hydrogen) atoms. The summed E-state index contributed by atoms with van der Waals surface area (Å²) >= 11 is 0. The number of anilines is 1. The van der Waals surface area contributed by atoms with Gasteiger partial charge in [-0.05, 0) is 31.9 Å². The van der Waals surface area contributed by atoms with Crippen molar-refractivity contribution in [3.05, 3.63) is 48.1 Å². The maximum absolute atomic E-state index is 13.2. The molecular weight excluding hydrogens is 479 g/mol. The molecule has 11 nitrogen and oxygen atoms in total. The fourth-order valence-electron chi connectivity index (χ4n) is 3.89. The molecule has 13 heteroatoms. The molecule has 3 heterocycles. The Hall–Kier alpha value is -3.32. The van der Waals surface area contributed by atoms with E-state index < -0.39 is 21.1 Å². The van der Waals surface area contributed by atoms with Crippen LogP contribution >= 0.6 is 0 Å². The number of ether oxygens (including phenoxy) is 3. The van der Waals surface area contributed by atoms with Gasteiger partial charge >= 0.3 is 0 Å². The quantitative estimate of drug-likeness (QED) is 0.465. The normalized spacial score (nSPS) is 15.5. The van der Waals surface area contributed by atoms with Crippen molar-refractivity contribution in [1.29, 1.82) is 0 Å². The smallest absolute Gasteiger partial charge is 0.243 e. The summed E-state index contributed by atoms with van der Waals surface area (Å²) in [4.78, 5) is 7.72. The van der Waals surface area contributed by atoms with Crippen LogP contribution in [0.5, 0.6) is 11.5 Å². The Labute approximate surface area is 202 Å². The van der Waals surface area contributed by atoms with Gasteiger partial charge in [0.05, 0.1) is 31.9 Å². The predicted molar refractivity (Wildman–Crippen MR) is 125 cm³/mol. The highest BCUT2D eigenvalue weighted by molar-refractivity contribution is 7.93. The average molecular weight is 507 g/mol. The highest BCUT2D eigenvalue weighted by Crippen LogP contribution is 2.38. The van der Waals surface area contributed by atoms with Gasteiger partial charge in [-0.3, -0.25) is 9.29 Å². The van der Waals surface area contributed by atoms with Crippen LogP contribution in [0.4, 0.5) is 10.3 Å². The fraction of sp³-hybridized carbons (Fsp3) is 0.455. The van der Waals surface area contributed by atoms with Crippen molar-refractivity contribution in [2.75, 3.05) is 32.2 Å². The minimum absolute atomic E-state index is 0.00108. The Morgan fingerprint density at radius 1 is 1.14 bits per heavy atom. The van der Waals surface area contributed by atoms with E-state index in [0.29, 0.717) is 49.1 Å². The molecule has 1 saturated heterocycles. The van der Waals surface area contributed by atoms with Gasteiger partial charge in [-0.15, -0.1) is 10.2 Å². The van der Waals surface area contributed by atoms with Crippen molar-refractivity contribution in [3.8, 4) is 17.2 Å². The second-order valence-corrected chi connectivity index (χ2v) is 10.2. The summed E-state index contributed by atoms with van der Waals surface area (Å²) in [6.07, 6.45) is 3.40. The van der Waals surface area contributed by atoms with E-state index >= 15 is 0 Å². The Bertz CT molecular complexity index is 1240. The zero-order valence-corrected chi connectivity index (χ0v) is 20.5. The van der Waals surface area contributed by atoms with E-state index in [4.69, 9.17) is 14.2 Å². The van der Waals surface area contributed by atoms with Crippen LogP contribution < -0.4 is 14.2 Å². The van der Waals surface area contributed by atoms with Gasteiger partial charge in [0.15, 0.2) is 5.82 Å². The number of nitrogens with zero attached hydrogens (tertiary/aromatic N) is 5. The summed E-state index contributed by atoms with van der Waals surface area (Å²) in [5.41, 5.74) is 0.483. The van der Waals surface area contributed by atoms with Gasteiger partial charge in [0, 0.05) is 25.6 Å². The summed E-state index contributed by atoms with van der Waals surface area (Å²) in [6, 6.07) is 5.27. The number of methoxy groups -OCH3 is 2. The Morgan fingerprint density at radius 3 is 2.37 bits per heavy atom. The molecule has 1 N–H and O–H groups in total. The van der Waals surface area contributed by atoms with E-state index in [0.717, 1.165) is 12.4 Å². The molecule has 0 bridgehead atoms. The molecule has 0 amide bonds. The first-order chi connectivity index (χ1) is 16.8. The molecule has 0 aliphatic carbocycles. The van der Waals surface area contributed by atoms with E-state index in [9.17, 15) is 12.8 Å². The number of hydrogen-bond acceptors (Lipinski definition) is 9. The maximum atomic E-state index is 13.2. The third-order valence-corrected chi connectivity index (χ3v) is 7.50. The molecule has 0 radical (unpaired) electrons. The molecule has 2 aromatic heterocycles. The second kappa shape index (κ2) is 10.5. The largest absolute Gasteiger partial charge is 0.494 e. The van der Waals surface area contributed by atoms with E-state index in [2.05, 4.69) is 24.9 Å². The van der Waals surface area contributed by atoms with Gasteiger partial charge in [0.2, 0.25) is 16.0 Å². The zero-order chi connectivity index (χ0) is 25.0. The van der Waals surface area contributed by atoms with Crippen LogP contribution in [-0.2, 0) is 21.2 Å². The molecule has 1 fully saturated rings. The van der Waals surface area contributed by atoms with Crippen LogP contribution in [0.15, 0.2) is 30.6 Å². The Kier molecular flexibility index (Phi) is 7.45. The van der Waals surface area contributed by atoms with Gasteiger partial charge in [-0.2, -0.15) is 0 Å². The van der Waals surface area contributed by atoms with Crippen molar-refractivity contribution in [2.24, 2.45) is 0 Å². The van der Waals surface area contributed by atoms with E-state index in [1.54, 1.807) is 22.8 Å². The Morgan fingerprint density at radius 2 is 1.77 bits per heavy atom. The molecule has 1 atom stereocenters. The molecule has 1 aromatic carbocycles. The first-order valence-corrected chi connectivity index (χ1v) is 12.6. The van der Waals surface area contributed by atoms with E-state index in [1.165, 1.54) is 21.1 Å². The second-order valence-electron chi connectivity index (χ2n) is 8.09. The number of benzene rings is 1. The number of halogens is 1. The number of sulfonamides is 1. The van der Waals surface area contributed by atoms with E-state index in [-0.39, 0.29) is 24.1 Å². The first kappa shape index (κ1) is 24.8. The summed E-state index contributed by atoms with van der Waals surface area (Å²) in [7, 11) is -0.924. The van der Waals surface area contributed by atoms with Crippen molar-refractivity contribution < 1.29 is 27.0 Å². The summed E-state index contributed by atoms with van der Waals surface area (Å²) in [5.74, 6) is 1.11. The Balaban J connectivity index is 1.74. The van der Waals surface area contributed by atoms with Crippen LogP contribution in [0.1, 0.15) is 37.3 Å². The van der Waals surface area contributed by atoms with Gasteiger partial charge in [-0.25, -0.2) is 22.8 Å². The summed E-state index contributed by atoms with van der Waals surface area (Å²) < 4.78 is 60.4. The molecule has 1 unspecified atom stereocenters. The van der Waals surface area contributed by atoms with Crippen LogP contribution in [0.2, 0.25) is 0 Å². The summed E-state index contributed by atoms with van der Waals surface area (Å²) in [6.45, 7) is 2.64. The predicted octanol–water partition coefficient (Wildman–Crippen LogP) is 2.48. The molecule has 1 aliphatic heterocycles. The molecule has 4 rings (SSSR count). The number of rotatable bonds is 9. The minimum Gasteiger partial charge on any atom is -0.494 e. The highest BCUT2D eigenvalue weighted by atomic mass is 32.2. The highest BCUT2D eigenvalue weighted by Gasteiger charge is 2.31. The third-order valence-electron chi connectivity index (χ3n) is 5.81. The SMILES string of the molecule is COc1cccc(OC)c1-n1c(NS(=O)(=O)C(C)Cc2ncc(F)cn2)nnc1C1CCOCC1.